The summed E-state index contributed by atoms with van der Waals surface area (Å²) in [4.78, 5) is 2.31. The highest BCUT2D eigenvalue weighted by atomic mass is 35.5. The molecular formula is C25H38ClFN2O. The van der Waals surface area contributed by atoms with Crippen molar-refractivity contribution >= 4 is 22.5 Å². The molecule has 1 aromatic carbocycles. The maximum Gasteiger partial charge on any atom is 0.143 e. The van der Waals surface area contributed by atoms with Gasteiger partial charge in [-0.25, -0.2) is 4.39 Å². The molecule has 1 aromatic heterocycles. The summed E-state index contributed by atoms with van der Waals surface area (Å²) in [6, 6.07) is 3.42. The summed E-state index contributed by atoms with van der Waals surface area (Å²) in [5.41, 5.74) is 3.08. The molecule has 0 spiro atoms. The Labute approximate surface area is 186 Å². The van der Waals surface area contributed by atoms with Crippen LogP contribution in [-0.4, -0.2) is 39.8 Å². The van der Waals surface area contributed by atoms with E-state index in [9.17, 15) is 9.50 Å². The number of halogens is 2. The first-order valence-corrected chi connectivity index (χ1v) is 11.8. The molecule has 1 aliphatic heterocycles. The Kier molecular flexibility index (Phi) is 6.91. The molecule has 30 heavy (non-hydrogen) atoms. The van der Waals surface area contributed by atoms with Crippen molar-refractivity contribution in [3.05, 3.63) is 34.2 Å². The maximum absolute atomic E-state index is 14.4. The molecule has 2 aromatic rings. The Morgan fingerprint density at radius 3 is 2.53 bits per heavy atom. The SMILES string of the molecule is CCc1c(CC(C)(C)C(C)CC)n(CCN2CCC(C)(O)C2)c2cc(F)c(Cl)cc12. The molecule has 2 heterocycles. The van der Waals surface area contributed by atoms with Crippen LogP contribution in [-0.2, 0) is 19.4 Å². The van der Waals surface area contributed by atoms with Gasteiger partial charge in [0, 0.05) is 37.3 Å². The summed E-state index contributed by atoms with van der Waals surface area (Å²) < 4.78 is 16.8. The lowest BCUT2D eigenvalue weighted by molar-refractivity contribution is 0.0684. The van der Waals surface area contributed by atoms with Gasteiger partial charge in [0.25, 0.3) is 0 Å². The Hall–Kier alpha value is -1.10. The monoisotopic (exact) mass is 436 g/mol. The number of aliphatic hydroxyl groups is 1. The summed E-state index contributed by atoms with van der Waals surface area (Å²) in [6.45, 7) is 16.6. The second-order valence-electron chi connectivity index (χ2n) is 10.2. The van der Waals surface area contributed by atoms with Crippen LogP contribution in [0.2, 0.25) is 5.02 Å². The summed E-state index contributed by atoms with van der Waals surface area (Å²) in [7, 11) is 0. The van der Waals surface area contributed by atoms with Crippen LogP contribution in [0.3, 0.4) is 0 Å². The van der Waals surface area contributed by atoms with Crippen molar-refractivity contribution in [3.63, 3.8) is 0 Å². The van der Waals surface area contributed by atoms with Gasteiger partial charge >= 0.3 is 0 Å². The Morgan fingerprint density at radius 2 is 1.97 bits per heavy atom. The van der Waals surface area contributed by atoms with Gasteiger partial charge in [-0.1, -0.05) is 52.6 Å². The third-order valence-electron chi connectivity index (χ3n) is 7.42. The maximum atomic E-state index is 14.4. The van der Waals surface area contributed by atoms with Crippen molar-refractivity contribution in [3.8, 4) is 0 Å². The lowest BCUT2D eigenvalue weighted by Gasteiger charge is -2.32. The molecule has 1 fully saturated rings. The average molecular weight is 437 g/mol. The first-order chi connectivity index (χ1) is 14.0. The molecule has 0 amide bonds. The second kappa shape index (κ2) is 8.80. The molecule has 168 valence electrons. The zero-order valence-corrected chi connectivity index (χ0v) is 20.2. The number of β-amino-alcohol motifs (C(OH)–C–C–N with tert-alkyl or cyclic N) is 1. The molecule has 3 rings (SSSR count). The van der Waals surface area contributed by atoms with Gasteiger partial charge in [-0.2, -0.15) is 0 Å². The van der Waals surface area contributed by atoms with Gasteiger partial charge in [0.15, 0.2) is 0 Å². The van der Waals surface area contributed by atoms with Gasteiger partial charge < -0.3 is 9.67 Å². The fraction of sp³-hybridized carbons (Fsp3) is 0.680. The van der Waals surface area contributed by atoms with Crippen molar-refractivity contribution in [2.75, 3.05) is 19.6 Å². The molecule has 1 N–H and O–H groups in total. The molecule has 5 heteroatoms. The quantitative estimate of drug-likeness (QED) is 0.544. The van der Waals surface area contributed by atoms with Crippen LogP contribution in [0.25, 0.3) is 10.9 Å². The van der Waals surface area contributed by atoms with E-state index in [1.165, 1.54) is 11.3 Å². The van der Waals surface area contributed by atoms with Crippen molar-refractivity contribution in [2.24, 2.45) is 11.3 Å². The van der Waals surface area contributed by atoms with Crippen molar-refractivity contribution in [2.45, 2.75) is 79.4 Å². The molecule has 0 saturated carbocycles. The highest BCUT2D eigenvalue weighted by molar-refractivity contribution is 6.31. The van der Waals surface area contributed by atoms with Gasteiger partial charge in [-0.15, -0.1) is 0 Å². The van der Waals surface area contributed by atoms with Crippen molar-refractivity contribution in [1.82, 2.24) is 9.47 Å². The van der Waals surface area contributed by atoms with Crippen molar-refractivity contribution < 1.29 is 9.50 Å². The highest BCUT2D eigenvalue weighted by Crippen LogP contribution is 2.38. The van der Waals surface area contributed by atoms with Crippen LogP contribution in [0, 0.1) is 17.2 Å². The molecule has 0 bridgehead atoms. The average Bonchev–Trinajstić information content (AvgIpc) is 3.15. The number of benzene rings is 1. The largest absolute Gasteiger partial charge is 0.389 e. The highest BCUT2D eigenvalue weighted by Gasteiger charge is 2.32. The van der Waals surface area contributed by atoms with E-state index in [1.807, 2.05) is 13.0 Å². The van der Waals surface area contributed by atoms with Crippen LogP contribution < -0.4 is 0 Å². The van der Waals surface area contributed by atoms with Crippen LogP contribution >= 0.6 is 11.6 Å². The summed E-state index contributed by atoms with van der Waals surface area (Å²) in [5.74, 6) is 0.227. The molecule has 2 unspecified atom stereocenters. The lowest BCUT2D eigenvalue weighted by atomic mass is 9.74. The first kappa shape index (κ1) is 23.6. The summed E-state index contributed by atoms with van der Waals surface area (Å²) in [5, 5.41) is 11.6. The number of fused-ring (bicyclic) bond motifs is 1. The molecular weight excluding hydrogens is 399 g/mol. The number of rotatable bonds is 8. The summed E-state index contributed by atoms with van der Waals surface area (Å²) in [6.07, 6.45) is 3.79. The lowest BCUT2D eigenvalue weighted by Crippen LogP contribution is -2.32. The number of aryl methyl sites for hydroxylation is 1. The fourth-order valence-corrected chi connectivity index (χ4v) is 5.11. The Bertz CT molecular complexity index is 902. The molecule has 0 aliphatic carbocycles. The van der Waals surface area contributed by atoms with E-state index in [4.69, 9.17) is 11.6 Å². The van der Waals surface area contributed by atoms with Crippen molar-refractivity contribution in [1.29, 1.82) is 0 Å². The van der Waals surface area contributed by atoms with E-state index >= 15 is 0 Å². The molecule has 3 nitrogen and oxygen atoms in total. The third-order valence-corrected chi connectivity index (χ3v) is 7.71. The standard InChI is InChI=1S/C25H38ClFN2O/c1-7-17(3)24(4,5)15-23-18(8-2)19-13-20(26)21(27)14-22(19)29(23)12-11-28-10-9-25(6,30)16-28/h13-14,17,30H,7-12,15-16H2,1-6H3. The van der Waals surface area contributed by atoms with E-state index in [-0.39, 0.29) is 16.3 Å². The molecule has 1 aliphatic rings. The van der Waals surface area contributed by atoms with E-state index in [0.29, 0.717) is 12.5 Å². The molecule has 2 atom stereocenters. The van der Waals surface area contributed by atoms with E-state index < -0.39 is 5.60 Å². The zero-order chi connectivity index (χ0) is 22.3. The van der Waals surface area contributed by atoms with Crippen LogP contribution in [0.4, 0.5) is 4.39 Å². The van der Waals surface area contributed by atoms with Gasteiger partial charge in [-0.3, -0.25) is 4.90 Å². The number of nitrogens with zero attached hydrogens (tertiary/aromatic N) is 2. The van der Waals surface area contributed by atoms with Crippen LogP contribution in [0.5, 0.6) is 0 Å². The zero-order valence-electron chi connectivity index (χ0n) is 19.5. The van der Waals surface area contributed by atoms with Crippen LogP contribution in [0.15, 0.2) is 12.1 Å². The van der Waals surface area contributed by atoms with E-state index in [0.717, 1.165) is 56.2 Å². The van der Waals surface area contributed by atoms with Gasteiger partial charge in [-0.05, 0) is 55.2 Å². The predicted molar refractivity (Wildman–Crippen MR) is 125 cm³/mol. The fourth-order valence-electron chi connectivity index (χ4n) is 4.95. The first-order valence-electron chi connectivity index (χ1n) is 11.4. The number of aromatic nitrogens is 1. The Balaban J connectivity index is 2.04. The minimum Gasteiger partial charge on any atom is -0.389 e. The minimum absolute atomic E-state index is 0.143. The predicted octanol–water partition coefficient (Wildman–Crippen LogP) is 6.07. The topological polar surface area (TPSA) is 28.4 Å². The molecule has 0 radical (unpaired) electrons. The van der Waals surface area contributed by atoms with E-state index in [2.05, 4.69) is 44.1 Å². The normalized spacial score (nSPS) is 21.6. The second-order valence-corrected chi connectivity index (χ2v) is 10.6. The van der Waals surface area contributed by atoms with Gasteiger partial charge in [0.05, 0.1) is 16.1 Å². The van der Waals surface area contributed by atoms with Crippen LogP contribution in [0.1, 0.15) is 65.6 Å². The smallest absolute Gasteiger partial charge is 0.143 e. The molecule has 1 saturated heterocycles. The number of hydrogen-bond donors (Lipinski definition) is 1. The van der Waals surface area contributed by atoms with Gasteiger partial charge in [0.2, 0.25) is 0 Å². The number of hydrogen-bond acceptors (Lipinski definition) is 2. The number of likely N-dealkylation sites (tertiary alicyclic amines) is 1. The third kappa shape index (κ3) is 4.71. The minimum atomic E-state index is -0.603. The Morgan fingerprint density at radius 1 is 1.27 bits per heavy atom. The van der Waals surface area contributed by atoms with E-state index in [1.54, 1.807) is 6.07 Å². The van der Waals surface area contributed by atoms with Gasteiger partial charge in [0.1, 0.15) is 5.82 Å². The summed E-state index contributed by atoms with van der Waals surface area (Å²) >= 11 is 6.18.